The number of nitrogens with zero attached hydrogens (tertiary/aromatic N) is 1. The molecule has 0 saturated carbocycles. The SMILES string of the molecule is Cc1cc(C2=NOC(c3cc(Cl)c(Cl)c(Cl)c3)(C(F)(F)F)C2)ccc1C(N)=O. The first-order valence-electron chi connectivity index (χ1n) is 7.84. The van der Waals surface area contributed by atoms with E-state index >= 15 is 0 Å². The summed E-state index contributed by atoms with van der Waals surface area (Å²) in [5, 5.41) is 3.34. The predicted molar refractivity (Wildman–Crippen MR) is 101 cm³/mol. The monoisotopic (exact) mass is 450 g/mol. The number of carbonyl (C=O) groups excluding carboxylic acids is 1. The molecule has 0 aromatic heterocycles. The van der Waals surface area contributed by atoms with E-state index in [1.54, 1.807) is 6.92 Å². The number of oxime groups is 1. The summed E-state index contributed by atoms with van der Waals surface area (Å²) in [5.41, 5.74) is 3.38. The lowest BCUT2D eigenvalue weighted by Crippen LogP contribution is -2.42. The fraction of sp³-hybridized carbons (Fsp3) is 0.222. The topological polar surface area (TPSA) is 64.7 Å². The summed E-state index contributed by atoms with van der Waals surface area (Å²) >= 11 is 17.7. The second-order valence-electron chi connectivity index (χ2n) is 6.28. The van der Waals surface area contributed by atoms with Gasteiger partial charge in [0.15, 0.2) is 0 Å². The number of alkyl halides is 3. The third kappa shape index (κ3) is 3.43. The maximum Gasteiger partial charge on any atom is 0.435 e. The summed E-state index contributed by atoms with van der Waals surface area (Å²) in [6, 6.07) is 6.53. The molecule has 2 aromatic rings. The van der Waals surface area contributed by atoms with Gasteiger partial charge in [0.2, 0.25) is 5.91 Å². The van der Waals surface area contributed by atoms with Crippen LogP contribution in [0.2, 0.25) is 15.1 Å². The van der Waals surface area contributed by atoms with Crippen LogP contribution >= 0.6 is 34.8 Å². The summed E-state index contributed by atoms with van der Waals surface area (Å²) in [5.74, 6) is -0.635. The predicted octanol–water partition coefficient (Wildman–Crippen LogP) is 5.64. The van der Waals surface area contributed by atoms with Gasteiger partial charge in [-0.3, -0.25) is 4.79 Å². The minimum absolute atomic E-state index is 0.0543. The van der Waals surface area contributed by atoms with Crippen molar-refractivity contribution in [1.29, 1.82) is 0 Å². The molecular weight excluding hydrogens is 440 g/mol. The molecule has 2 aromatic carbocycles. The molecule has 1 aliphatic rings. The lowest BCUT2D eigenvalue weighted by atomic mass is 9.86. The van der Waals surface area contributed by atoms with E-state index in [4.69, 9.17) is 45.4 Å². The second kappa shape index (κ2) is 7.13. The molecule has 0 radical (unpaired) electrons. The molecule has 0 saturated heterocycles. The Morgan fingerprint density at radius 3 is 2.29 bits per heavy atom. The van der Waals surface area contributed by atoms with E-state index in [9.17, 15) is 18.0 Å². The molecule has 0 bridgehead atoms. The molecule has 10 heteroatoms. The molecule has 0 aliphatic carbocycles. The minimum Gasteiger partial charge on any atom is -0.374 e. The van der Waals surface area contributed by atoms with E-state index in [-0.39, 0.29) is 31.9 Å². The van der Waals surface area contributed by atoms with Crippen molar-refractivity contribution in [3.8, 4) is 0 Å². The zero-order valence-corrected chi connectivity index (χ0v) is 16.5. The van der Waals surface area contributed by atoms with E-state index in [0.717, 1.165) is 12.1 Å². The van der Waals surface area contributed by atoms with Gasteiger partial charge in [0.05, 0.1) is 20.8 Å². The van der Waals surface area contributed by atoms with Gasteiger partial charge in [-0.25, -0.2) is 0 Å². The first kappa shape index (κ1) is 20.8. The zero-order chi connectivity index (χ0) is 20.9. The average molecular weight is 452 g/mol. The molecule has 1 aliphatic heterocycles. The van der Waals surface area contributed by atoms with Crippen molar-refractivity contribution in [2.45, 2.75) is 25.1 Å². The average Bonchev–Trinajstić information content (AvgIpc) is 3.05. The minimum atomic E-state index is -4.82. The van der Waals surface area contributed by atoms with Gasteiger partial charge in [-0.2, -0.15) is 13.2 Å². The molecule has 0 fully saturated rings. The molecule has 4 nitrogen and oxygen atoms in total. The van der Waals surface area contributed by atoms with Gasteiger partial charge in [-0.05, 0) is 42.3 Å². The van der Waals surface area contributed by atoms with Gasteiger partial charge in [0.1, 0.15) is 0 Å². The van der Waals surface area contributed by atoms with Crippen molar-refractivity contribution in [3.05, 3.63) is 67.7 Å². The molecule has 1 atom stereocenters. The molecule has 3 rings (SSSR count). The second-order valence-corrected chi connectivity index (χ2v) is 7.47. The standard InChI is InChI=1S/C18H12Cl3F3N2O2/c1-8-4-9(2-3-11(8)16(25)27)14-7-17(28-26-14,18(22,23)24)10-5-12(19)15(21)13(20)6-10/h2-6H,7H2,1H3,(H2,25,27). The van der Waals surface area contributed by atoms with Crippen LogP contribution in [-0.2, 0) is 10.4 Å². The Labute approximate surface area is 173 Å². The highest BCUT2D eigenvalue weighted by Gasteiger charge is 2.62. The number of benzene rings is 2. The molecule has 28 heavy (non-hydrogen) atoms. The van der Waals surface area contributed by atoms with Crippen LogP contribution in [-0.4, -0.2) is 17.8 Å². The van der Waals surface area contributed by atoms with E-state index in [1.165, 1.54) is 18.2 Å². The van der Waals surface area contributed by atoms with Crippen LogP contribution in [0.25, 0.3) is 0 Å². The van der Waals surface area contributed by atoms with Crippen molar-refractivity contribution in [1.82, 2.24) is 0 Å². The Hall–Kier alpha value is -1.96. The van der Waals surface area contributed by atoms with Crippen LogP contribution < -0.4 is 5.73 Å². The summed E-state index contributed by atoms with van der Waals surface area (Å²) in [7, 11) is 0. The number of primary amides is 1. The van der Waals surface area contributed by atoms with Crippen LogP contribution in [0.1, 0.15) is 33.5 Å². The van der Waals surface area contributed by atoms with Crippen molar-refractivity contribution in [3.63, 3.8) is 0 Å². The fourth-order valence-corrected chi connectivity index (χ4v) is 3.56. The quantitative estimate of drug-likeness (QED) is 0.614. The Kier molecular flexibility index (Phi) is 5.29. The summed E-state index contributed by atoms with van der Waals surface area (Å²) < 4.78 is 42.1. The molecule has 1 heterocycles. The molecule has 0 spiro atoms. The lowest BCUT2D eigenvalue weighted by Gasteiger charge is -2.30. The van der Waals surface area contributed by atoms with Crippen molar-refractivity contribution >= 4 is 46.4 Å². The van der Waals surface area contributed by atoms with E-state index in [0.29, 0.717) is 11.1 Å². The third-order valence-corrected chi connectivity index (χ3v) is 5.66. The molecular formula is C18H12Cl3F3N2O2. The Balaban J connectivity index is 2.04. The van der Waals surface area contributed by atoms with Crippen molar-refractivity contribution < 1.29 is 22.8 Å². The number of hydrogen-bond donors (Lipinski definition) is 1. The maximum atomic E-state index is 14.0. The molecule has 2 N–H and O–H groups in total. The number of amides is 1. The van der Waals surface area contributed by atoms with E-state index in [1.807, 2.05) is 0 Å². The third-order valence-electron chi connectivity index (χ3n) is 4.46. The smallest absolute Gasteiger partial charge is 0.374 e. The van der Waals surface area contributed by atoms with Gasteiger partial charge in [-0.1, -0.05) is 46.0 Å². The molecule has 148 valence electrons. The highest BCUT2D eigenvalue weighted by atomic mass is 35.5. The maximum absolute atomic E-state index is 14.0. The number of nitrogens with two attached hydrogens (primary N) is 1. The largest absolute Gasteiger partial charge is 0.435 e. The van der Waals surface area contributed by atoms with Crippen LogP contribution in [0.3, 0.4) is 0 Å². The Morgan fingerprint density at radius 1 is 1.18 bits per heavy atom. The van der Waals surface area contributed by atoms with Crippen LogP contribution in [0, 0.1) is 6.92 Å². The number of rotatable bonds is 3. The van der Waals surface area contributed by atoms with Gasteiger partial charge < -0.3 is 10.6 Å². The highest BCUT2D eigenvalue weighted by Crippen LogP contribution is 2.50. The van der Waals surface area contributed by atoms with E-state index < -0.39 is 24.1 Å². The van der Waals surface area contributed by atoms with Crippen LogP contribution in [0.15, 0.2) is 35.5 Å². The van der Waals surface area contributed by atoms with Crippen LogP contribution in [0.5, 0.6) is 0 Å². The Morgan fingerprint density at radius 2 is 1.79 bits per heavy atom. The number of hydrogen-bond acceptors (Lipinski definition) is 3. The first-order valence-corrected chi connectivity index (χ1v) is 8.97. The van der Waals surface area contributed by atoms with Gasteiger partial charge >= 0.3 is 6.18 Å². The lowest BCUT2D eigenvalue weighted by molar-refractivity contribution is -0.275. The fourth-order valence-electron chi connectivity index (χ4n) is 2.97. The first-order chi connectivity index (χ1) is 13.0. The molecule has 1 unspecified atom stereocenters. The Bertz CT molecular complexity index is 985. The van der Waals surface area contributed by atoms with Crippen molar-refractivity contribution in [2.24, 2.45) is 10.9 Å². The number of carbonyl (C=O) groups is 1. The van der Waals surface area contributed by atoms with E-state index in [2.05, 4.69) is 5.16 Å². The van der Waals surface area contributed by atoms with Gasteiger partial charge in [0, 0.05) is 17.5 Å². The van der Waals surface area contributed by atoms with Crippen LogP contribution in [0.4, 0.5) is 13.2 Å². The highest BCUT2D eigenvalue weighted by molar-refractivity contribution is 6.48. The number of halogens is 6. The van der Waals surface area contributed by atoms with Crippen molar-refractivity contribution in [2.75, 3.05) is 0 Å². The number of aryl methyl sites for hydroxylation is 1. The summed E-state index contributed by atoms with van der Waals surface area (Å²) in [4.78, 5) is 16.3. The zero-order valence-electron chi connectivity index (χ0n) is 14.2. The van der Waals surface area contributed by atoms with Gasteiger partial charge in [0.25, 0.3) is 5.60 Å². The summed E-state index contributed by atoms with van der Waals surface area (Å²) in [6.45, 7) is 1.62. The summed E-state index contributed by atoms with van der Waals surface area (Å²) in [6.07, 6.45) is -5.43. The van der Waals surface area contributed by atoms with Gasteiger partial charge in [-0.15, -0.1) is 0 Å². The molecule has 1 amide bonds. The normalized spacial score (nSPS) is 19.3.